The molecule has 0 aliphatic rings. The quantitative estimate of drug-likeness (QED) is 0.154. The summed E-state index contributed by atoms with van der Waals surface area (Å²) in [5, 5.41) is 2.26. The van der Waals surface area contributed by atoms with Crippen molar-refractivity contribution in [3.63, 3.8) is 0 Å². The molecule has 0 saturated heterocycles. The summed E-state index contributed by atoms with van der Waals surface area (Å²) < 4.78 is 69.7. The van der Waals surface area contributed by atoms with E-state index in [-0.39, 0.29) is 5.56 Å². The Kier molecular flexibility index (Phi) is 5.36. The van der Waals surface area contributed by atoms with Crippen LogP contribution in [0, 0.1) is 23.3 Å². The average Bonchev–Trinajstić information content (AvgIpc) is 2.87. The second kappa shape index (κ2) is 8.37. The zero-order chi connectivity index (χ0) is 24.0. The number of fused-ring (bicyclic) bond motifs is 2. The predicted octanol–water partition coefficient (Wildman–Crippen LogP) is 7.90. The molecule has 0 atom stereocenters. The van der Waals surface area contributed by atoms with Crippen LogP contribution in [0.5, 0.6) is 11.5 Å². The summed E-state index contributed by atoms with van der Waals surface area (Å²) in [7, 11) is 2.53. The van der Waals surface area contributed by atoms with Gasteiger partial charge in [0.05, 0.1) is 19.8 Å². The lowest BCUT2D eigenvalue weighted by molar-refractivity contribution is 0.334. The molecule has 0 radical (unpaired) electrons. The highest BCUT2D eigenvalue weighted by Crippen LogP contribution is 2.46. The van der Waals surface area contributed by atoms with Crippen LogP contribution in [0.15, 0.2) is 72.8 Å². The van der Waals surface area contributed by atoms with E-state index in [0.717, 1.165) is 18.2 Å². The molecule has 0 aromatic heterocycles. The molecule has 2 nitrogen and oxygen atoms in total. The molecule has 0 unspecified atom stereocenters. The molecule has 0 amide bonds. The lowest BCUT2D eigenvalue weighted by atomic mass is 9.85. The summed E-state index contributed by atoms with van der Waals surface area (Å²) in [6, 6.07) is 21.4. The standard InChI is InChI=1S/C28H18F4O2/c1-33-16-13-11-15(12-14-16)21-17-7-3-5-9-19(17)22(20-10-6-4-8-18(20)21)23-24(29)26(31)28(34-2)27(32)25(23)30/h3-14H,1-2H3. The number of hydrogen-bond acceptors (Lipinski definition) is 2. The van der Waals surface area contributed by atoms with Gasteiger partial charge in [0.15, 0.2) is 17.4 Å². The summed E-state index contributed by atoms with van der Waals surface area (Å²) in [6.45, 7) is 0. The summed E-state index contributed by atoms with van der Waals surface area (Å²) in [5.74, 6) is -6.59. The van der Waals surface area contributed by atoms with E-state index in [4.69, 9.17) is 4.74 Å². The minimum absolute atomic E-state index is 0.0684. The van der Waals surface area contributed by atoms with Crippen LogP contribution in [0.25, 0.3) is 43.8 Å². The number of hydrogen-bond donors (Lipinski definition) is 0. The van der Waals surface area contributed by atoms with Gasteiger partial charge >= 0.3 is 0 Å². The molecular weight excluding hydrogens is 444 g/mol. The molecule has 0 saturated carbocycles. The van der Waals surface area contributed by atoms with Gasteiger partial charge in [0.2, 0.25) is 11.6 Å². The van der Waals surface area contributed by atoms with E-state index in [9.17, 15) is 8.78 Å². The Morgan fingerprint density at radius 3 is 1.32 bits per heavy atom. The molecule has 6 heteroatoms. The third-order valence-electron chi connectivity index (χ3n) is 5.99. The van der Waals surface area contributed by atoms with Crippen LogP contribution < -0.4 is 9.47 Å². The van der Waals surface area contributed by atoms with Gasteiger partial charge < -0.3 is 9.47 Å². The molecule has 0 N–H and O–H groups in total. The molecule has 170 valence electrons. The van der Waals surface area contributed by atoms with Crippen LogP contribution in [-0.4, -0.2) is 14.2 Å². The normalized spacial score (nSPS) is 11.2. The minimum Gasteiger partial charge on any atom is -0.497 e. The maximum absolute atomic E-state index is 15.3. The molecule has 0 aliphatic carbocycles. The van der Waals surface area contributed by atoms with Crippen molar-refractivity contribution in [2.75, 3.05) is 14.2 Å². The van der Waals surface area contributed by atoms with E-state index >= 15 is 8.78 Å². The summed E-state index contributed by atoms with van der Waals surface area (Å²) in [4.78, 5) is 0. The summed E-state index contributed by atoms with van der Waals surface area (Å²) in [6.07, 6.45) is 0. The van der Waals surface area contributed by atoms with Gasteiger partial charge in [-0.25, -0.2) is 8.78 Å². The largest absolute Gasteiger partial charge is 0.497 e. The van der Waals surface area contributed by atoms with E-state index in [1.807, 2.05) is 36.4 Å². The smallest absolute Gasteiger partial charge is 0.204 e. The average molecular weight is 462 g/mol. The Morgan fingerprint density at radius 1 is 0.471 bits per heavy atom. The third kappa shape index (κ3) is 3.17. The van der Waals surface area contributed by atoms with E-state index < -0.39 is 34.6 Å². The van der Waals surface area contributed by atoms with E-state index in [1.54, 1.807) is 43.5 Å². The Balaban J connectivity index is 1.97. The fraction of sp³-hybridized carbons (Fsp3) is 0.0714. The maximum Gasteiger partial charge on any atom is 0.204 e. The van der Waals surface area contributed by atoms with Crippen LogP contribution in [0.1, 0.15) is 0 Å². The Bertz CT molecular complexity index is 1470. The molecule has 5 aromatic rings. The van der Waals surface area contributed by atoms with Gasteiger partial charge in [-0.15, -0.1) is 0 Å². The topological polar surface area (TPSA) is 18.5 Å². The molecule has 0 heterocycles. The van der Waals surface area contributed by atoms with Crippen molar-refractivity contribution >= 4 is 21.5 Å². The van der Waals surface area contributed by atoms with Crippen molar-refractivity contribution in [3.05, 3.63) is 96.1 Å². The highest BCUT2D eigenvalue weighted by atomic mass is 19.2. The van der Waals surface area contributed by atoms with Crippen molar-refractivity contribution in [2.24, 2.45) is 0 Å². The van der Waals surface area contributed by atoms with Crippen LogP contribution in [0.4, 0.5) is 17.6 Å². The van der Waals surface area contributed by atoms with E-state index in [1.165, 1.54) is 0 Å². The fourth-order valence-corrected chi connectivity index (χ4v) is 4.48. The van der Waals surface area contributed by atoms with Gasteiger partial charge in [-0.2, -0.15) is 8.78 Å². The molecule has 0 fully saturated rings. The van der Waals surface area contributed by atoms with Crippen LogP contribution in [0.3, 0.4) is 0 Å². The van der Waals surface area contributed by atoms with E-state index in [2.05, 4.69) is 4.74 Å². The van der Waals surface area contributed by atoms with E-state index in [0.29, 0.717) is 27.3 Å². The molecule has 0 spiro atoms. The highest BCUT2D eigenvalue weighted by Gasteiger charge is 2.29. The first kappa shape index (κ1) is 21.8. The summed E-state index contributed by atoms with van der Waals surface area (Å²) >= 11 is 0. The first-order valence-electron chi connectivity index (χ1n) is 10.5. The number of methoxy groups -OCH3 is 2. The van der Waals surface area contributed by atoms with Gasteiger partial charge in [-0.05, 0) is 44.8 Å². The molecule has 0 aliphatic heterocycles. The lowest BCUT2D eigenvalue weighted by Gasteiger charge is -2.19. The number of halogens is 4. The first-order valence-corrected chi connectivity index (χ1v) is 10.5. The number of rotatable bonds is 4. The first-order chi connectivity index (χ1) is 16.5. The van der Waals surface area contributed by atoms with Crippen LogP contribution >= 0.6 is 0 Å². The lowest BCUT2D eigenvalue weighted by Crippen LogP contribution is -2.04. The minimum atomic E-state index is -1.58. The molecular formula is C28H18F4O2. The number of benzene rings is 5. The van der Waals surface area contributed by atoms with Gasteiger partial charge in [0, 0.05) is 5.56 Å². The maximum atomic E-state index is 15.3. The van der Waals surface area contributed by atoms with Crippen LogP contribution in [0.2, 0.25) is 0 Å². The van der Waals surface area contributed by atoms with Crippen molar-refractivity contribution < 1.29 is 27.0 Å². The Morgan fingerprint density at radius 2 is 0.912 bits per heavy atom. The second-order valence-electron chi connectivity index (χ2n) is 7.73. The van der Waals surface area contributed by atoms with Crippen molar-refractivity contribution in [1.29, 1.82) is 0 Å². The monoisotopic (exact) mass is 462 g/mol. The van der Waals surface area contributed by atoms with Crippen molar-refractivity contribution in [2.45, 2.75) is 0 Å². The molecule has 0 bridgehead atoms. The Labute approximate surface area is 193 Å². The summed E-state index contributed by atoms with van der Waals surface area (Å²) in [5.41, 5.74) is 0.976. The molecule has 34 heavy (non-hydrogen) atoms. The fourth-order valence-electron chi connectivity index (χ4n) is 4.48. The van der Waals surface area contributed by atoms with Crippen LogP contribution in [-0.2, 0) is 0 Å². The molecule has 5 rings (SSSR count). The van der Waals surface area contributed by atoms with Crippen molar-refractivity contribution in [1.82, 2.24) is 0 Å². The van der Waals surface area contributed by atoms with Crippen molar-refractivity contribution in [3.8, 4) is 33.8 Å². The zero-order valence-corrected chi connectivity index (χ0v) is 18.3. The number of ether oxygens (including phenoxy) is 2. The van der Waals surface area contributed by atoms with Gasteiger partial charge in [0.1, 0.15) is 5.75 Å². The highest BCUT2D eigenvalue weighted by molar-refractivity contribution is 6.21. The molecule has 5 aromatic carbocycles. The predicted molar refractivity (Wildman–Crippen MR) is 125 cm³/mol. The van der Waals surface area contributed by atoms with Gasteiger partial charge in [-0.1, -0.05) is 60.7 Å². The second-order valence-corrected chi connectivity index (χ2v) is 7.73. The Hall–Kier alpha value is -4.06. The SMILES string of the molecule is COc1ccc(-c2c3ccccc3c(-c3c(F)c(F)c(OC)c(F)c3F)c3ccccc23)cc1. The third-order valence-corrected chi connectivity index (χ3v) is 5.99. The zero-order valence-electron chi connectivity index (χ0n) is 18.3. The van der Waals surface area contributed by atoms with Gasteiger partial charge in [-0.3, -0.25) is 0 Å². The van der Waals surface area contributed by atoms with Gasteiger partial charge in [0.25, 0.3) is 0 Å².